The minimum Gasteiger partial charge on any atom is -0.504 e. The zero-order chi connectivity index (χ0) is 25.7. The normalized spacial score (nSPS) is 30.7. The van der Waals surface area contributed by atoms with Gasteiger partial charge in [-0.25, -0.2) is 4.83 Å². The summed E-state index contributed by atoms with van der Waals surface area (Å²) < 4.78 is 31.6. The number of nitrogens with zero attached hydrogens (tertiary/aromatic N) is 1. The predicted molar refractivity (Wildman–Crippen MR) is 139 cm³/mol. The number of benzene rings is 2. The molecule has 0 heterocycles. The molecular weight excluding hydrogens is 476 g/mol. The predicted octanol–water partition coefficient (Wildman–Crippen LogP) is 4.65. The fourth-order valence-corrected chi connectivity index (χ4v) is 7.72. The van der Waals surface area contributed by atoms with Gasteiger partial charge in [0.2, 0.25) is 0 Å². The topological polar surface area (TPSA) is 108 Å². The average molecular weight is 513 g/mol. The van der Waals surface area contributed by atoms with Crippen LogP contribution in [0, 0.1) is 24.2 Å². The minimum absolute atomic E-state index is 0.0885. The zero-order valence-corrected chi connectivity index (χ0v) is 22.0. The number of aryl methyl sites for hydroxylation is 1. The first kappa shape index (κ1) is 25.1. The molecule has 5 rings (SSSR count). The Bertz CT molecular complexity index is 1270. The van der Waals surface area contributed by atoms with Gasteiger partial charge in [-0.1, -0.05) is 24.6 Å². The average Bonchev–Trinajstić information content (AvgIpc) is 3.05. The van der Waals surface area contributed by atoms with E-state index < -0.39 is 10.0 Å². The van der Waals surface area contributed by atoms with Crippen molar-refractivity contribution in [1.82, 2.24) is 4.83 Å². The summed E-state index contributed by atoms with van der Waals surface area (Å²) >= 11 is 0. The van der Waals surface area contributed by atoms with Crippen molar-refractivity contribution in [2.75, 3.05) is 6.61 Å². The van der Waals surface area contributed by atoms with E-state index in [1.807, 2.05) is 19.9 Å². The van der Waals surface area contributed by atoms with Crippen LogP contribution in [0.4, 0.5) is 0 Å². The molecule has 3 aliphatic rings. The minimum atomic E-state index is -3.80. The van der Waals surface area contributed by atoms with Gasteiger partial charge in [-0.05, 0) is 105 Å². The van der Waals surface area contributed by atoms with Gasteiger partial charge in [0.05, 0.1) is 17.6 Å². The molecule has 0 radical (unpaired) electrons. The molecule has 194 valence electrons. The van der Waals surface area contributed by atoms with Crippen LogP contribution in [0.5, 0.6) is 11.5 Å². The summed E-state index contributed by atoms with van der Waals surface area (Å²) in [5, 5.41) is 25.9. The summed E-state index contributed by atoms with van der Waals surface area (Å²) in [6.07, 6.45) is 4.40. The van der Waals surface area contributed by atoms with Crippen LogP contribution in [-0.2, 0) is 16.4 Å². The lowest BCUT2D eigenvalue weighted by Crippen LogP contribution is -2.42. The smallest absolute Gasteiger partial charge is 0.276 e. The van der Waals surface area contributed by atoms with E-state index in [4.69, 9.17) is 4.74 Å². The van der Waals surface area contributed by atoms with Crippen molar-refractivity contribution < 1.29 is 23.4 Å². The van der Waals surface area contributed by atoms with E-state index in [2.05, 4.69) is 16.9 Å². The van der Waals surface area contributed by atoms with Crippen molar-refractivity contribution in [1.29, 1.82) is 0 Å². The number of aliphatic hydroxyl groups is 1. The van der Waals surface area contributed by atoms with Gasteiger partial charge < -0.3 is 14.9 Å². The standard InChI is InChI=1S/C28H36N2O5S/c1-4-35-26-16-22-18(14-25(26)31)13-19(29-30-36(33,34)20-7-5-17(2)6-8-20)15-23-21(22)11-12-28(3)24(23)9-10-27(28)32/h5-8,14,16,21,23-24,27,30-32H,4,9-13,15H2,1-3H3/b29-19-/t21-,23-,24+,27+,28+/m1/s1. The van der Waals surface area contributed by atoms with Crippen LogP contribution in [0.1, 0.15) is 68.6 Å². The van der Waals surface area contributed by atoms with E-state index in [1.165, 1.54) is 0 Å². The van der Waals surface area contributed by atoms with Gasteiger partial charge in [-0.2, -0.15) is 13.5 Å². The lowest BCUT2D eigenvalue weighted by Gasteiger charge is -2.47. The Labute approximate surface area is 213 Å². The first-order chi connectivity index (χ1) is 17.1. The van der Waals surface area contributed by atoms with Crippen LogP contribution in [0.2, 0.25) is 0 Å². The summed E-state index contributed by atoms with van der Waals surface area (Å²) in [7, 11) is -3.80. The molecule has 7 nitrogen and oxygen atoms in total. The number of hydrazone groups is 1. The maximum absolute atomic E-state index is 12.9. The highest BCUT2D eigenvalue weighted by Crippen LogP contribution is 2.60. The van der Waals surface area contributed by atoms with Crippen molar-refractivity contribution in [3.8, 4) is 11.5 Å². The summed E-state index contributed by atoms with van der Waals surface area (Å²) in [6, 6.07) is 10.4. The van der Waals surface area contributed by atoms with Crippen molar-refractivity contribution in [2.24, 2.45) is 22.4 Å². The van der Waals surface area contributed by atoms with Crippen LogP contribution in [0.15, 0.2) is 46.4 Å². The monoisotopic (exact) mass is 512 g/mol. The van der Waals surface area contributed by atoms with Crippen molar-refractivity contribution in [2.45, 2.75) is 76.2 Å². The molecule has 0 aliphatic heterocycles. The van der Waals surface area contributed by atoms with Crippen LogP contribution in [0.25, 0.3) is 0 Å². The number of nitrogens with one attached hydrogen (secondary N) is 1. The molecule has 3 aliphatic carbocycles. The Morgan fingerprint density at radius 1 is 1.17 bits per heavy atom. The third-order valence-electron chi connectivity index (χ3n) is 8.83. The lowest BCUT2D eigenvalue weighted by molar-refractivity contribution is -0.0166. The number of aromatic hydroxyl groups is 1. The molecule has 36 heavy (non-hydrogen) atoms. The molecule has 0 aromatic heterocycles. The van der Waals surface area contributed by atoms with Crippen molar-refractivity contribution in [3.63, 3.8) is 0 Å². The molecule has 2 saturated carbocycles. The van der Waals surface area contributed by atoms with E-state index in [9.17, 15) is 18.6 Å². The first-order valence-electron chi connectivity index (χ1n) is 12.9. The van der Waals surface area contributed by atoms with Crippen LogP contribution in [0.3, 0.4) is 0 Å². The maximum atomic E-state index is 12.9. The number of ether oxygens (including phenoxy) is 1. The molecule has 8 heteroatoms. The van der Waals surface area contributed by atoms with Gasteiger partial charge in [-0.15, -0.1) is 0 Å². The number of fused-ring (bicyclic) bond motifs is 5. The molecule has 0 unspecified atom stereocenters. The van der Waals surface area contributed by atoms with E-state index in [-0.39, 0.29) is 34.0 Å². The number of aliphatic hydroxyl groups excluding tert-OH is 1. The van der Waals surface area contributed by atoms with Gasteiger partial charge in [-0.3, -0.25) is 0 Å². The molecule has 0 saturated heterocycles. The number of sulfonamides is 1. The second-order valence-electron chi connectivity index (χ2n) is 10.9. The SMILES string of the molecule is CCOc1cc2c(cc1O)C/C(=N/NS(=O)(=O)c1ccc(C)cc1)C[C@@H]1[C@@H]2CC[C@]2(C)[C@@H](O)CC[C@@H]12. The van der Waals surface area contributed by atoms with Gasteiger partial charge >= 0.3 is 0 Å². The Hall–Kier alpha value is -2.58. The fourth-order valence-electron chi connectivity index (χ4n) is 6.87. The number of phenols is 1. The highest BCUT2D eigenvalue weighted by Gasteiger charge is 2.54. The van der Waals surface area contributed by atoms with Crippen LogP contribution in [-0.4, -0.2) is 37.1 Å². The summed E-state index contributed by atoms with van der Waals surface area (Å²) in [4.78, 5) is 2.64. The van der Waals surface area contributed by atoms with Crippen molar-refractivity contribution in [3.05, 3.63) is 53.1 Å². The molecule has 0 spiro atoms. The molecule has 2 aromatic carbocycles. The van der Waals surface area contributed by atoms with Gasteiger partial charge in [0.1, 0.15) is 0 Å². The van der Waals surface area contributed by atoms with Gasteiger partial charge in [0.15, 0.2) is 11.5 Å². The third-order valence-corrected chi connectivity index (χ3v) is 10.1. The number of hydrogen-bond acceptors (Lipinski definition) is 6. The summed E-state index contributed by atoms with van der Waals surface area (Å²) in [5.41, 5.74) is 3.69. The second-order valence-corrected chi connectivity index (χ2v) is 12.6. The fraction of sp³-hybridized carbons (Fsp3) is 0.536. The molecule has 0 amide bonds. The van der Waals surface area contributed by atoms with E-state index in [1.54, 1.807) is 30.3 Å². The molecule has 5 atom stereocenters. The Morgan fingerprint density at radius 3 is 2.64 bits per heavy atom. The largest absolute Gasteiger partial charge is 0.504 e. The molecule has 3 N–H and O–H groups in total. The number of hydrogen-bond donors (Lipinski definition) is 3. The maximum Gasteiger partial charge on any atom is 0.276 e. The zero-order valence-electron chi connectivity index (χ0n) is 21.2. The van der Waals surface area contributed by atoms with E-state index in [0.717, 1.165) is 48.1 Å². The first-order valence-corrected chi connectivity index (χ1v) is 14.4. The number of phenolic OH excluding ortho intramolecular Hbond substituents is 1. The van der Waals surface area contributed by atoms with Crippen LogP contribution >= 0.6 is 0 Å². The molecule has 0 bridgehead atoms. The number of rotatable bonds is 5. The Balaban J connectivity index is 1.53. The van der Waals surface area contributed by atoms with E-state index in [0.29, 0.717) is 31.1 Å². The molecule has 2 aromatic rings. The van der Waals surface area contributed by atoms with Crippen LogP contribution < -0.4 is 9.57 Å². The van der Waals surface area contributed by atoms with Gasteiger partial charge in [0, 0.05) is 12.1 Å². The van der Waals surface area contributed by atoms with Crippen molar-refractivity contribution >= 4 is 15.7 Å². The highest BCUT2D eigenvalue weighted by atomic mass is 32.2. The Kier molecular flexibility index (Phi) is 6.53. The Morgan fingerprint density at radius 2 is 1.92 bits per heavy atom. The second kappa shape index (κ2) is 9.38. The highest BCUT2D eigenvalue weighted by molar-refractivity contribution is 7.89. The lowest BCUT2D eigenvalue weighted by atomic mass is 9.58. The summed E-state index contributed by atoms with van der Waals surface area (Å²) in [5.74, 6) is 1.36. The molecule has 2 fully saturated rings. The quantitative estimate of drug-likeness (QED) is 0.506. The summed E-state index contributed by atoms with van der Waals surface area (Å²) in [6.45, 7) is 6.47. The van der Waals surface area contributed by atoms with E-state index >= 15 is 0 Å². The third kappa shape index (κ3) is 4.39. The molecular formula is C28H36N2O5S. The van der Waals surface area contributed by atoms with Gasteiger partial charge in [0.25, 0.3) is 10.0 Å².